The van der Waals surface area contributed by atoms with Crippen molar-refractivity contribution in [3.05, 3.63) is 35.9 Å². The molecule has 0 spiro atoms. The van der Waals surface area contributed by atoms with E-state index in [1.54, 1.807) is 0 Å². The van der Waals surface area contributed by atoms with Crippen LogP contribution in [0.2, 0.25) is 0 Å². The van der Waals surface area contributed by atoms with Crippen molar-refractivity contribution in [2.75, 3.05) is 19.6 Å². The first-order valence-electron chi connectivity index (χ1n) is 6.75. The van der Waals surface area contributed by atoms with Crippen LogP contribution in [0, 0.1) is 11.3 Å². The van der Waals surface area contributed by atoms with Gasteiger partial charge in [0.15, 0.2) is 0 Å². The number of hydrogen-bond acceptors (Lipinski definition) is 3. The molecule has 2 atom stereocenters. The Balaban J connectivity index is 2.19. The highest BCUT2D eigenvalue weighted by molar-refractivity contribution is 5.20. The molecule has 1 aliphatic rings. The lowest BCUT2D eigenvalue weighted by molar-refractivity contribution is 0.153. The summed E-state index contributed by atoms with van der Waals surface area (Å²) < 4.78 is 0. The van der Waals surface area contributed by atoms with Crippen molar-refractivity contribution in [2.24, 2.45) is 0 Å². The number of nitrogens with zero attached hydrogens (tertiary/aromatic N) is 2. The molecule has 1 fully saturated rings. The fourth-order valence-corrected chi connectivity index (χ4v) is 2.84. The lowest BCUT2D eigenvalue weighted by Crippen LogP contribution is -2.39. The molecule has 3 nitrogen and oxygen atoms in total. The van der Waals surface area contributed by atoms with Crippen LogP contribution < -0.4 is 5.32 Å². The maximum Gasteiger partial charge on any atom is 0.0641 e. The summed E-state index contributed by atoms with van der Waals surface area (Å²) in [6.07, 6.45) is 1.75. The number of rotatable bonds is 5. The van der Waals surface area contributed by atoms with Gasteiger partial charge in [-0.05, 0) is 25.1 Å². The van der Waals surface area contributed by atoms with E-state index < -0.39 is 0 Å². The van der Waals surface area contributed by atoms with Gasteiger partial charge in [-0.1, -0.05) is 37.3 Å². The van der Waals surface area contributed by atoms with Crippen LogP contribution in [0.4, 0.5) is 0 Å². The Morgan fingerprint density at radius 3 is 2.78 bits per heavy atom. The quantitative estimate of drug-likeness (QED) is 0.862. The fourth-order valence-electron chi connectivity index (χ4n) is 2.84. The maximum atomic E-state index is 9.09. The molecule has 1 heterocycles. The molecule has 0 saturated carbocycles. The van der Waals surface area contributed by atoms with Gasteiger partial charge in [0, 0.05) is 18.6 Å². The number of nitrogens with one attached hydrogen (secondary N) is 1. The topological polar surface area (TPSA) is 39.1 Å². The second-order valence-electron chi connectivity index (χ2n) is 4.77. The molecule has 1 aromatic carbocycles. The number of benzene rings is 1. The molecule has 0 radical (unpaired) electrons. The highest BCUT2D eigenvalue weighted by Crippen LogP contribution is 2.27. The predicted octanol–water partition coefficient (Wildman–Crippen LogP) is 2.33. The largest absolute Gasteiger partial charge is 0.315 e. The van der Waals surface area contributed by atoms with Gasteiger partial charge in [0.2, 0.25) is 0 Å². The number of nitriles is 1. The van der Waals surface area contributed by atoms with Crippen LogP contribution in [0.15, 0.2) is 30.3 Å². The summed E-state index contributed by atoms with van der Waals surface area (Å²) in [5.74, 6) is 0. The Kier molecular flexibility index (Phi) is 4.74. The molecule has 0 aromatic heterocycles. The zero-order valence-corrected chi connectivity index (χ0v) is 11.0. The summed E-state index contributed by atoms with van der Waals surface area (Å²) in [4.78, 5) is 2.47. The lowest BCUT2D eigenvalue weighted by atomic mass is 10.00. The van der Waals surface area contributed by atoms with E-state index in [0.29, 0.717) is 12.5 Å². The Bertz CT molecular complexity index is 390. The molecule has 0 bridgehead atoms. The summed E-state index contributed by atoms with van der Waals surface area (Å²) in [5.41, 5.74) is 1.26. The monoisotopic (exact) mass is 243 g/mol. The number of hydrogen-bond donors (Lipinski definition) is 1. The third-order valence-corrected chi connectivity index (χ3v) is 3.74. The Hall–Kier alpha value is -1.37. The molecule has 3 heteroatoms. The molecule has 2 unspecified atom stereocenters. The second kappa shape index (κ2) is 6.53. The van der Waals surface area contributed by atoms with Crippen molar-refractivity contribution in [3.8, 4) is 6.07 Å². The van der Waals surface area contributed by atoms with Crippen molar-refractivity contribution >= 4 is 0 Å². The fraction of sp³-hybridized carbons (Fsp3) is 0.533. The zero-order chi connectivity index (χ0) is 12.8. The SMILES string of the molecule is CCN(C1CCNC1)C(CC#N)c1ccccc1. The third-order valence-electron chi connectivity index (χ3n) is 3.74. The van der Waals surface area contributed by atoms with E-state index in [1.165, 1.54) is 12.0 Å². The van der Waals surface area contributed by atoms with Crippen LogP contribution in [0.3, 0.4) is 0 Å². The minimum absolute atomic E-state index is 0.228. The smallest absolute Gasteiger partial charge is 0.0641 e. The van der Waals surface area contributed by atoms with Crippen LogP contribution in [-0.4, -0.2) is 30.6 Å². The molecular formula is C15H21N3. The molecule has 2 rings (SSSR count). The third kappa shape index (κ3) is 2.90. The normalized spacial score (nSPS) is 20.8. The standard InChI is InChI=1S/C15H21N3/c1-2-18(14-9-11-17-12-14)15(8-10-16)13-6-4-3-5-7-13/h3-7,14-15,17H,2,8-9,11-12H2,1H3. The first-order chi connectivity index (χ1) is 8.86. The highest BCUT2D eigenvalue weighted by atomic mass is 15.2. The minimum atomic E-state index is 0.228. The van der Waals surface area contributed by atoms with Gasteiger partial charge in [0.25, 0.3) is 0 Å². The molecule has 0 amide bonds. The van der Waals surface area contributed by atoms with E-state index in [4.69, 9.17) is 5.26 Å². The summed E-state index contributed by atoms with van der Waals surface area (Å²) in [6.45, 7) is 5.32. The Morgan fingerprint density at radius 2 is 2.22 bits per heavy atom. The van der Waals surface area contributed by atoms with Gasteiger partial charge in [-0.25, -0.2) is 0 Å². The molecule has 1 aliphatic heterocycles. The van der Waals surface area contributed by atoms with Crippen LogP contribution >= 0.6 is 0 Å². The average molecular weight is 243 g/mol. The van der Waals surface area contributed by atoms with E-state index in [0.717, 1.165) is 19.6 Å². The van der Waals surface area contributed by atoms with E-state index in [2.05, 4.69) is 47.5 Å². The van der Waals surface area contributed by atoms with Crippen LogP contribution in [0.25, 0.3) is 0 Å². The van der Waals surface area contributed by atoms with E-state index in [-0.39, 0.29) is 6.04 Å². The van der Waals surface area contributed by atoms with Gasteiger partial charge >= 0.3 is 0 Å². The predicted molar refractivity (Wildman–Crippen MR) is 73.1 cm³/mol. The molecule has 0 aliphatic carbocycles. The first-order valence-corrected chi connectivity index (χ1v) is 6.75. The number of likely N-dealkylation sites (N-methyl/N-ethyl adjacent to an activating group) is 1. The molecule has 1 N–H and O–H groups in total. The van der Waals surface area contributed by atoms with Gasteiger partial charge in [0.05, 0.1) is 12.5 Å². The summed E-state index contributed by atoms with van der Waals surface area (Å²) in [6, 6.07) is 13.5. The molecular weight excluding hydrogens is 222 g/mol. The maximum absolute atomic E-state index is 9.09. The average Bonchev–Trinajstić information content (AvgIpc) is 2.94. The lowest BCUT2D eigenvalue weighted by Gasteiger charge is -2.34. The second-order valence-corrected chi connectivity index (χ2v) is 4.77. The zero-order valence-electron chi connectivity index (χ0n) is 11.0. The Morgan fingerprint density at radius 1 is 1.44 bits per heavy atom. The molecule has 18 heavy (non-hydrogen) atoms. The van der Waals surface area contributed by atoms with Crippen molar-refractivity contribution in [3.63, 3.8) is 0 Å². The van der Waals surface area contributed by atoms with Crippen molar-refractivity contribution in [1.29, 1.82) is 5.26 Å². The molecule has 1 aromatic rings. The summed E-state index contributed by atoms with van der Waals surface area (Å²) in [5, 5.41) is 12.5. The highest BCUT2D eigenvalue weighted by Gasteiger charge is 2.28. The van der Waals surface area contributed by atoms with Crippen molar-refractivity contribution < 1.29 is 0 Å². The van der Waals surface area contributed by atoms with Crippen LogP contribution in [-0.2, 0) is 0 Å². The minimum Gasteiger partial charge on any atom is -0.315 e. The van der Waals surface area contributed by atoms with Gasteiger partial charge in [-0.2, -0.15) is 5.26 Å². The molecule has 1 saturated heterocycles. The first kappa shape index (κ1) is 13.1. The summed E-state index contributed by atoms with van der Waals surface area (Å²) >= 11 is 0. The van der Waals surface area contributed by atoms with Crippen LogP contribution in [0.1, 0.15) is 31.4 Å². The van der Waals surface area contributed by atoms with E-state index in [1.807, 2.05) is 6.07 Å². The summed E-state index contributed by atoms with van der Waals surface area (Å²) in [7, 11) is 0. The Labute approximate surface area is 109 Å². The molecule has 96 valence electrons. The van der Waals surface area contributed by atoms with Crippen LogP contribution in [0.5, 0.6) is 0 Å². The van der Waals surface area contributed by atoms with Crippen molar-refractivity contribution in [1.82, 2.24) is 10.2 Å². The van der Waals surface area contributed by atoms with Crippen molar-refractivity contribution in [2.45, 2.75) is 31.8 Å². The van der Waals surface area contributed by atoms with E-state index in [9.17, 15) is 0 Å². The van der Waals surface area contributed by atoms with E-state index >= 15 is 0 Å². The van der Waals surface area contributed by atoms with Gasteiger partial charge in [-0.15, -0.1) is 0 Å². The van der Waals surface area contributed by atoms with Gasteiger partial charge in [0.1, 0.15) is 0 Å². The van der Waals surface area contributed by atoms with Gasteiger partial charge < -0.3 is 5.32 Å². The van der Waals surface area contributed by atoms with Gasteiger partial charge in [-0.3, -0.25) is 4.90 Å².